The van der Waals surface area contributed by atoms with E-state index in [2.05, 4.69) is 5.32 Å². The molecular formula is C20H17NO6. The van der Waals surface area contributed by atoms with Crippen molar-refractivity contribution >= 4 is 22.6 Å². The molecule has 3 aromatic rings. The predicted octanol–water partition coefficient (Wildman–Crippen LogP) is 3.56. The van der Waals surface area contributed by atoms with Crippen molar-refractivity contribution in [1.82, 2.24) is 0 Å². The Morgan fingerprint density at radius 1 is 1.07 bits per heavy atom. The average Bonchev–Trinajstić information content (AvgIpc) is 3.08. The van der Waals surface area contributed by atoms with Gasteiger partial charge in [-0.25, -0.2) is 4.79 Å². The third kappa shape index (κ3) is 3.44. The van der Waals surface area contributed by atoms with Gasteiger partial charge in [-0.1, -0.05) is 0 Å². The van der Waals surface area contributed by atoms with Crippen molar-refractivity contribution < 1.29 is 23.4 Å². The lowest BCUT2D eigenvalue weighted by Gasteiger charge is -2.11. The third-order valence-corrected chi connectivity index (χ3v) is 3.96. The molecule has 0 spiro atoms. The fourth-order valence-electron chi connectivity index (χ4n) is 2.85. The predicted molar refractivity (Wildman–Crippen MR) is 98.8 cm³/mol. The van der Waals surface area contributed by atoms with Gasteiger partial charge in [0.1, 0.15) is 11.3 Å². The van der Waals surface area contributed by atoms with Crippen LogP contribution in [0.2, 0.25) is 0 Å². The summed E-state index contributed by atoms with van der Waals surface area (Å²) in [4.78, 5) is 24.7. The van der Waals surface area contributed by atoms with E-state index < -0.39 is 11.5 Å². The van der Waals surface area contributed by atoms with Gasteiger partial charge < -0.3 is 23.9 Å². The zero-order valence-corrected chi connectivity index (χ0v) is 14.8. The molecule has 1 aliphatic heterocycles. The zero-order valence-electron chi connectivity index (χ0n) is 14.8. The van der Waals surface area contributed by atoms with Gasteiger partial charge in [-0.3, -0.25) is 4.79 Å². The van der Waals surface area contributed by atoms with Gasteiger partial charge in [0, 0.05) is 29.3 Å². The Labute approximate surface area is 154 Å². The quantitative estimate of drug-likeness (QED) is 0.710. The number of carbonyl (C=O) groups excluding carboxylic acids is 1. The molecule has 138 valence electrons. The number of nitrogens with one attached hydrogen (secondary N) is 1. The van der Waals surface area contributed by atoms with E-state index in [1.54, 1.807) is 36.4 Å². The first-order valence-corrected chi connectivity index (χ1v) is 8.45. The summed E-state index contributed by atoms with van der Waals surface area (Å²) in [7, 11) is 0. The number of rotatable bonds is 4. The smallest absolute Gasteiger partial charge is 0.337 e. The minimum Gasteiger partial charge on any atom is -0.491 e. The summed E-state index contributed by atoms with van der Waals surface area (Å²) in [5.41, 5.74) is 0.428. The van der Waals surface area contributed by atoms with E-state index in [9.17, 15) is 9.59 Å². The van der Waals surface area contributed by atoms with Crippen LogP contribution in [0.1, 0.15) is 24.2 Å². The maximum atomic E-state index is 12.7. The Kier molecular flexibility index (Phi) is 4.19. The Bertz CT molecular complexity index is 1090. The van der Waals surface area contributed by atoms with Gasteiger partial charge in [0.15, 0.2) is 11.5 Å². The number of anilines is 1. The van der Waals surface area contributed by atoms with Crippen LogP contribution >= 0.6 is 0 Å². The molecule has 0 fully saturated rings. The van der Waals surface area contributed by atoms with Crippen LogP contribution < -0.4 is 25.2 Å². The summed E-state index contributed by atoms with van der Waals surface area (Å²) < 4.78 is 21.4. The second-order valence-electron chi connectivity index (χ2n) is 6.33. The van der Waals surface area contributed by atoms with Crippen LogP contribution in [0.15, 0.2) is 51.7 Å². The maximum absolute atomic E-state index is 12.7. The summed E-state index contributed by atoms with van der Waals surface area (Å²) in [6, 6.07) is 11.3. The third-order valence-electron chi connectivity index (χ3n) is 3.96. The summed E-state index contributed by atoms with van der Waals surface area (Å²) >= 11 is 0. The van der Waals surface area contributed by atoms with Crippen molar-refractivity contribution in [3.8, 4) is 17.2 Å². The van der Waals surface area contributed by atoms with Crippen molar-refractivity contribution in [3.63, 3.8) is 0 Å². The molecule has 0 saturated heterocycles. The molecule has 0 atom stereocenters. The fraction of sp³-hybridized carbons (Fsp3) is 0.200. The van der Waals surface area contributed by atoms with Crippen molar-refractivity contribution in [2.24, 2.45) is 0 Å². The first-order chi connectivity index (χ1) is 13.0. The van der Waals surface area contributed by atoms with E-state index in [0.29, 0.717) is 28.3 Å². The summed E-state index contributed by atoms with van der Waals surface area (Å²) in [5.74, 6) is 1.32. The van der Waals surface area contributed by atoms with E-state index in [1.807, 2.05) is 13.8 Å². The van der Waals surface area contributed by atoms with Gasteiger partial charge in [-0.2, -0.15) is 0 Å². The molecule has 27 heavy (non-hydrogen) atoms. The zero-order chi connectivity index (χ0) is 19.0. The molecule has 2 heterocycles. The normalized spacial score (nSPS) is 12.4. The second-order valence-corrected chi connectivity index (χ2v) is 6.33. The first kappa shape index (κ1) is 17.0. The SMILES string of the molecule is CC(C)Oc1ccc2c(C(=O)Nc3ccc4c(c3)OCO4)cc(=O)oc2c1. The van der Waals surface area contributed by atoms with Gasteiger partial charge in [0.2, 0.25) is 6.79 Å². The molecule has 1 aliphatic rings. The first-order valence-electron chi connectivity index (χ1n) is 8.45. The molecule has 0 saturated carbocycles. The van der Waals surface area contributed by atoms with E-state index in [1.165, 1.54) is 6.07 Å². The molecular weight excluding hydrogens is 350 g/mol. The van der Waals surface area contributed by atoms with Crippen molar-refractivity contribution in [1.29, 1.82) is 0 Å². The van der Waals surface area contributed by atoms with Crippen LogP contribution in [0.25, 0.3) is 11.0 Å². The van der Waals surface area contributed by atoms with Crippen LogP contribution in [0.3, 0.4) is 0 Å². The molecule has 0 radical (unpaired) electrons. The molecule has 0 unspecified atom stereocenters. The van der Waals surface area contributed by atoms with Gasteiger partial charge in [-0.05, 0) is 38.1 Å². The van der Waals surface area contributed by atoms with Gasteiger partial charge >= 0.3 is 5.63 Å². The molecule has 4 rings (SSSR count). The summed E-state index contributed by atoms with van der Waals surface area (Å²) in [5, 5.41) is 3.29. The highest BCUT2D eigenvalue weighted by molar-refractivity contribution is 6.12. The lowest BCUT2D eigenvalue weighted by Crippen LogP contribution is -2.15. The van der Waals surface area contributed by atoms with Crippen LogP contribution in [0, 0.1) is 0 Å². The average molecular weight is 367 g/mol. The van der Waals surface area contributed by atoms with Crippen LogP contribution in [-0.4, -0.2) is 18.8 Å². The topological polar surface area (TPSA) is 87.0 Å². The number of amides is 1. The molecule has 0 aliphatic carbocycles. The molecule has 0 bridgehead atoms. The van der Waals surface area contributed by atoms with Gasteiger partial charge in [-0.15, -0.1) is 0 Å². The highest BCUT2D eigenvalue weighted by Crippen LogP contribution is 2.34. The van der Waals surface area contributed by atoms with Gasteiger partial charge in [0.05, 0.1) is 11.7 Å². The molecule has 7 heteroatoms. The summed E-state index contributed by atoms with van der Waals surface area (Å²) in [6.45, 7) is 3.95. The minimum atomic E-state index is -0.611. The lowest BCUT2D eigenvalue weighted by molar-refractivity contribution is 0.102. The van der Waals surface area contributed by atoms with Crippen molar-refractivity contribution in [2.45, 2.75) is 20.0 Å². The van der Waals surface area contributed by atoms with Crippen molar-refractivity contribution in [2.75, 3.05) is 12.1 Å². The highest BCUT2D eigenvalue weighted by Gasteiger charge is 2.17. The number of hydrogen-bond acceptors (Lipinski definition) is 6. The van der Waals surface area contributed by atoms with E-state index in [0.717, 1.165) is 0 Å². The number of hydrogen-bond donors (Lipinski definition) is 1. The van der Waals surface area contributed by atoms with Crippen molar-refractivity contribution in [3.05, 3.63) is 58.4 Å². The number of carbonyl (C=O) groups is 1. The summed E-state index contributed by atoms with van der Waals surface area (Å²) in [6.07, 6.45) is -0.0216. The van der Waals surface area contributed by atoms with Crippen LogP contribution in [0.5, 0.6) is 17.2 Å². The van der Waals surface area contributed by atoms with Crippen LogP contribution in [0.4, 0.5) is 5.69 Å². The fourth-order valence-corrected chi connectivity index (χ4v) is 2.85. The molecule has 2 aromatic carbocycles. The number of fused-ring (bicyclic) bond motifs is 2. The number of ether oxygens (including phenoxy) is 3. The monoisotopic (exact) mass is 367 g/mol. The lowest BCUT2D eigenvalue weighted by atomic mass is 10.1. The molecule has 1 N–H and O–H groups in total. The second kappa shape index (κ2) is 6.68. The minimum absolute atomic E-state index is 0.0216. The standard InChI is InChI=1S/C20H17NO6/c1-11(2)26-13-4-5-14-15(9-19(22)27-17(14)8-13)20(23)21-12-3-6-16-18(7-12)25-10-24-16/h3-9,11H,10H2,1-2H3,(H,21,23). The Morgan fingerprint density at radius 3 is 2.70 bits per heavy atom. The Morgan fingerprint density at radius 2 is 1.89 bits per heavy atom. The largest absolute Gasteiger partial charge is 0.491 e. The van der Waals surface area contributed by atoms with E-state index >= 15 is 0 Å². The highest BCUT2D eigenvalue weighted by atomic mass is 16.7. The maximum Gasteiger partial charge on any atom is 0.337 e. The van der Waals surface area contributed by atoms with Crippen LogP contribution in [-0.2, 0) is 0 Å². The van der Waals surface area contributed by atoms with E-state index in [-0.39, 0.29) is 24.0 Å². The van der Waals surface area contributed by atoms with Gasteiger partial charge in [0.25, 0.3) is 5.91 Å². The Balaban J connectivity index is 1.67. The molecule has 1 amide bonds. The molecule has 7 nitrogen and oxygen atoms in total. The number of benzene rings is 2. The van der Waals surface area contributed by atoms with E-state index in [4.69, 9.17) is 18.6 Å². The molecule has 1 aromatic heterocycles. The Hall–Kier alpha value is -3.48.